The van der Waals surface area contributed by atoms with E-state index in [4.69, 9.17) is 0 Å². The van der Waals surface area contributed by atoms with Crippen LogP contribution in [0, 0.1) is 6.07 Å². The smallest absolute Gasteiger partial charge is 0.175 e. The van der Waals surface area contributed by atoms with Crippen molar-refractivity contribution < 1.29 is 8.42 Å². The standard InChI is InChI=1S/C7H6BrO2S/c1-11(9,10)7-4-2-3-6(8)5-7/h2,4-5H,1H3. The average Bonchev–Trinajstić information content (AvgIpc) is 1.86. The minimum atomic E-state index is -3.08. The highest BCUT2D eigenvalue weighted by atomic mass is 79.9. The van der Waals surface area contributed by atoms with E-state index < -0.39 is 9.84 Å². The van der Waals surface area contributed by atoms with E-state index >= 15 is 0 Å². The van der Waals surface area contributed by atoms with Crippen molar-refractivity contribution in [1.29, 1.82) is 0 Å². The predicted octanol–water partition coefficient (Wildman–Crippen LogP) is 1.65. The van der Waals surface area contributed by atoms with Crippen LogP contribution in [-0.4, -0.2) is 14.7 Å². The van der Waals surface area contributed by atoms with E-state index in [0.717, 1.165) is 0 Å². The van der Waals surface area contributed by atoms with Gasteiger partial charge in [-0.25, -0.2) is 8.42 Å². The summed E-state index contributed by atoms with van der Waals surface area (Å²) in [5.74, 6) is 0. The monoisotopic (exact) mass is 233 g/mol. The minimum absolute atomic E-state index is 0.308. The van der Waals surface area contributed by atoms with Crippen LogP contribution >= 0.6 is 15.9 Å². The lowest BCUT2D eigenvalue weighted by Crippen LogP contribution is -1.95. The number of halogens is 1. The van der Waals surface area contributed by atoms with Crippen LogP contribution in [0.5, 0.6) is 0 Å². The molecule has 0 bridgehead atoms. The summed E-state index contributed by atoms with van der Waals surface area (Å²) in [6, 6.07) is 7.40. The van der Waals surface area contributed by atoms with Crippen molar-refractivity contribution in [3.8, 4) is 0 Å². The van der Waals surface area contributed by atoms with Gasteiger partial charge in [0.2, 0.25) is 0 Å². The number of hydrogen-bond donors (Lipinski definition) is 0. The topological polar surface area (TPSA) is 34.1 Å². The van der Waals surface area contributed by atoms with Gasteiger partial charge in [0.15, 0.2) is 9.84 Å². The zero-order valence-corrected chi connectivity index (χ0v) is 8.24. The normalized spacial score (nSPS) is 11.5. The molecule has 11 heavy (non-hydrogen) atoms. The van der Waals surface area contributed by atoms with Gasteiger partial charge in [-0.2, -0.15) is 0 Å². The van der Waals surface area contributed by atoms with Crippen LogP contribution in [0.25, 0.3) is 0 Å². The summed E-state index contributed by atoms with van der Waals surface area (Å²) in [5.41, 5.74) is 0. The van der Waals surface area contributed by atoms with Gasteiger partial charge in [-0.3, -0.25) is 0 Å². The van der Waals surface area contributed by atoms with Crippen molar-refractivity contribution in [2.24, 2.45) is 0 Å². The Morgan fingerprint density at radius 2 is 2.18 bits per heavy atom. The second-order valence-electron chi connectivity index (χ2n) is 2.14. The molecule has 1 radical (unpaired) electrons. The fourth-order valence-electron chi connectivity index (χ4n) is 0.649. The summed E-state index contributed by atoms with van der Waals surface area (Å²) < 4.78 is 22.6. The molecule has 1 rings (SSSR count). The van der Waals surface area contributed by atoms with Gasteiger partial charge in [0.05, 0.1) is 4.90 Å². The molecule has 0 unspecified atom stereocenters. The first kappa shape index (κ1) is 8.74. The molecule has 0 aliphatic heterocycles. The van der Waals surface area contributed by atoms with E-state index in [2.05, 4.69) is 22.0 Å². The molecule has 0 atom stereocenters. The van der Waals surface area contributed by atoms with Gasteiger partial charge in [0.1, 0.15) is 0 Å². The first-order valence-corrected chi connectivity index (χ1v) is 5.56. The molecule has 0 aliphatic carbocycles. The van der Waals surface area contributed by atoms with Gasteiger partial charge < -0.3 is 0 Å². The Hall–Kier alpha value is -0.350. The van der Waals surface area contributed by atoms with Crippen LogP contribution in [-0.2, 0) is 9.84 Å². The zero-order valence-electron chi connectivity index (χ0n) is 5.83. The maximum Gasteiger partial charge on any atom is 0.175 e. The Kier molecular flexibility index (Phi) is 2.34. The van der Waals surface area contributed by atoms with E-state index in [0.29, 0.717) is 9.37 Å². The third-order valence-electron chi connectivity index (χ3n) is 1.17. The largest absolute Gasteiger partial charge is 0.224 e. The second kappa shape index (κ2) is 2.95. The third kappa shape index (κ3) is 2.31. The molecular weight excluding hydrogens is 228 g/mol. The van der Waals surface area contributed by atoms with Crippen LogP contribution in [0.2, 0.25) is 0 Å². The molecule has 0 amide bonds. The maximum absolute atomic E-state index is 11.0. The summed E-state index contributed by atoms with van der Waals surface area (Å²) >= 11 is 3.13. The molecule has 0 fully saturated rings. The highest BCUT2D eigenvalue weighted by Crippen LogP contribution is 2.14. The molecule has 0 saturated heterocycles. The second-order valence-corrected chi connectivity index (χ2v) is 5.01. The number of sulfone groups is 1. The molecular formula is C7H6BrO2S. The lowest BCUT2D eigenvalue weighted by atomic mass is 10.4. The lowest BCUT2D eigenvalue weighted by Gasteiger charge is -1.96. The fourth-order valence-corrected chi connectivity index (χ4v) is 1.83. The number of benzene rings is 1. The van der Waals surface area contributed by atoms with Crippen molar-refractivity contribution in [3.05, 3.63) is 28.7 Å². The van der Waals surface area contributed by atoms with Crippen molar-refractivity contribution in [1.82, 2.24) is 0 Å². The SMILES string of the molecule is CS(=O)(=O)c1cc[c]c(Br)c1. The summed E-state index contributed by atoms with van der Waals surface area (Å²) in [6.07, 6.45) is 1.18. The lowest BCUT2D eigenvalue weighted by molar-refractivity contribution is 0.602. The van der Waals surface area contributed by atoms with E-state index in [-0.39, 0.29) is 0 Å². The van der Waals surface area contributed by atoms with Crippen LogP contribution < -0.4 is 0 Å². The molecule has 0 saturated carbocycles. The summed E-state index contributed by atoms with van der Waals surface area (Å²) in [6.45, 7) is 0. The molecule has 59 valence electrons. The van der Waals surface area contributed by atoms with Crippen LogP contribution in [0.3, 0.4) is 0 Å². The van der Waals surface area contributed by atoms with E-state index in [1.54, 1.807) is 6.07 Å². The van der Waals surface area contributed by atoms with Gasteiger partial charge in [-0.05, 0) is 18.2 Å². The van der Waals surface area contributed by atoms with Crippen molar-refractivity contribution in [3.63, 3.8) is 0 Å². The number of hydrogen-bond acceptors (Lipinski definition) is 2. The molecule has 2 nitrogen and oxygen atoms in total. The van der Waals surface area contributed by atoms with Gasteiger partial charge in [0, 0.05) is 10.7 Å². The molecule has 1 aromatic rings. The highest BCUT2D eigenvalue weighted by molar-refractivity contribution is 9.10. The fraction of sp³-hybridized carbons (Fsp3) is 0.143. The molecule has 4 heteroatoms. The zero-order chi connectivity index (χ0) is 8.48. The Bertz CT molecular complexity index is 356. The predicted molar refractivity (Wildman–Crippen MR) is 46.1 cm³/mol. The first-order chi connectivity index (χ1) is 5.00. The molecule has 0 aromatic heterocycles. The Morgan fingerprint density at radius 3 is 2.55 bits per heavy atom. The van der Waals surface area contributed by atoms with Crippen molar-refractivity contribution in [2.45, 2.75) is 4.90 Å². The Labute approximate surface area is 74.3 Å². The molecule has 0 aliphatic rings. The van der Waals surface area contributed by atoms with Crippen molar-refractivity contribution >= 4 is 25.8 Å². The molecule has 1 aromatic carbocycles. The minimum Gasteiger partial charge on any atom is -0.224 e. The molecule has 0 N–H and O–H groups in total. The Balaban J connectivity index is 3.28. The van der Waals surface area contributed by atoms with Crippen LogP contribution in [0.1, 0.15) is 0 Å². The summed E-state index contributed by atoms with van der Waals surface area (Å²) in [7, 11) is -3.08. The third-order valence-corrected chi connectivity index (χ3v) is 2.73. The van der Waals surface area contributed by atoms with E-state index in [9.17, 15) is 8.42 Å². The van der Waals surface area contributed by atoms with Gasteiger partial charge >= 0.3 is 0 Å². The first-order valence-electron chi connectivity index (χ1n) is 2.87. The molecule has 0 heterocycles. The van der Waals surface area contributed by atoms with Gasteiger partial charge in [-0.15, -0.1) is 0 Å². The van der Waals surface area contributed by atoms with Crippen LogP contribution in [0.4, 0.5) is 0 Å². The van der Waals surface area contributed by atoms with E-state index in [1.807, 2.05) is 0 Å². The van der Waals surface area contributed by atoms with Gasteiger partial charge in [-0.1, -0.05) is 22.0 Å². The number of rotatable bonds is 1. The quantitative estimate of drug-likeness (QED) is 0.740. The maximum atomic E-state index is 11.0. The van der Waals surface area contributed by atoms with E-state index in [1.165, 1.54) is 18.4 Å². The average molecular weight is 234 g/mol. The van der Waals surface area contributed by atoms with Crippen LogP contribution in [0.15, 0.2) is 27.6 Å². The molecule has 0 spiro atoms. The van der Waals surface area contributed by atoms with Gasteiger partial charge in [0.25, 0.3) is 0 Å². The highest BCUT2D eigenvalue weighted by Gasteiger charge is 2.05. The summed E-state index contributed by atoms with van der Waals surface area (Å²) in [5, 5.41) is 0. The van der Waals surface area contributed by atoms with Crippen molar-refractivity contribution in [2.75, 3.05) is 6.26 Å². The summed E-state index contributed by atoms with van der Waals surface area (Å²) in [4.78, 5) is 0.308. The Morgan fingerprint density at radius 1 is 1.55 bits per heavy atom.